The van der Waals surface area contributed by atoms with Crippen LogP contribution in [0.2, 0.25) is 0 Å². The molecule has 0 radical (unpaired) electrons. The summed E-state index contributed by atoms with van der Waals surface area (Å²) in [4.78, 5) is 22.7. The SMILES string of the molecule is CC(C)C(C)(CN)n1c(=O)[nH][nH]c1=O. The van der Waals surface area contributed by atoms with Gasteiger partial charge in [-0.25, -0.2) is 24.4 Å². The summed E-state index contributed by atoms with van der Waals surface area (Å²) in [5, 5.41) is 4.49. The van der Waals surface area contributed by atoms with Crippen molar-refractivity contribution in [3.8, 4) is 0 Å². The molecule has 14 heavy (non-hydrogen) atoms. The van der Waals surface area contributed by atoms with Gasteiger partial charge in [-0.3, -0.25) is 0 Å². The van der Waals surface area contributed by atoms with Gasteiger partial charge < -0.3 is 5.73 Å². The normalized spacial score (nSPS) is 15.8. The Morgan fingerprint density at radius 2 is 1.79 bits per heavy atom. The number of aromatic amines is 2. The summed E-state index contributed by atoms with van der Waals surface area (Å²) in [6.45, 7) is 5.88. The fourth-order valence-electron chi connectivity index (χ4n) is 1.36. The lowest BCUT2D eigenvalue weighted by molar-refractivity contribution is 0.218. The zero-order valence-corrected chi connectivity index (χ0v) is 8.63. The van der Waals surface area contributed by atoms with E-state index in [0.717, 1.165) is 4.57 Å². The monoisotopic (exact) mass is 200 g/mol. The van der Waals surface area contributed by atoms with E-state index in [1.54, 1.807) is 6.92 Å². The highest BCUT2D eigenvalue weighted by atomic mass is 16.2. The second-order valence-electron chi connectivity index (χ2n) is 3.91. The Morgan fingerprint density at radius 3 is 2.07 bits per heavy atom. The van der Waals surface area contributed by atoms with Gasteiger partial charge in [-0.05, 0) is 12.8 Å². The Balaban J connectivity index is 3.40. The number of aromatic nitrogens is 3. The summed E-state index contributed by atoms with van der Waals surface area (Å²) in [7, 11) is 0. The molecule has 1 aromatic rings. The van der Waals surface area contributed by atoms with Crippen LogP contribution in [0.5, 0.6) is 0 Å². The Labute approximate surface area is 81.1 Å². The molecule has 1 rings (SSSR count). The third kappa shape index (κ3) is 1.41. The average molecular weight is 200 g/mol. The van der Waals surface area contributed by atoms with Gasteiger partial charge >= 0.3 is 11.4 Å². The lowest BCUT2D eigenvalue weighted by Crippen LogP contribution is -2.51. The van der Waals surface area contributed by atoms with E-state index in [9.17, 15) is 9.59 Å². The first kappa shape index (κ1) is 10.8. The van der Waals surface area contributed by atoms with Crippen molar-refractivity contribution in [2.75, 3.05) is 6.54 Å². The van der Waals surface area contributed by atoms with Gasteiger partial charge in [-0.1, -0.05) is 13.8 Å². The van der Waals surface area contributed by atoms with Crippen molar-refractivity contribution in [3.05, 3.63) is 21.0 Å². The van der Waals surface area contributed by atoms with Crippen LogP contribution < -0.4 is 17.1 Å². The Morgan fingerprint density at radius 1 is 1.36 bits per heavy atom. The fraction of sp³-hybridized carbons (Fsp3) is 0.750. The van der Waals surface area contributed by atoms with E-state index in [0.29, 0.717) is 0 Å². The Bertz CT molecular complexity index is 386. The van der Waals surface area contributed by atoms with Gasteiger partial charge in [0.05, 0.1) is 5.54 Å². The molecule has 1 unspecified atom stereocenters. The molecule has 4 N–H and O–H groups in total. The standard InChI is InChI=1S/C8H16N4O2/c1-5(2)8(3,4-9)12-6(13)10-11-7(12)14/h5H,4,9H2,1-3H3,(H,10,13)(H,11,14). The Kier molecular flexibility index (Phi) is 2.66. The number of nitrogens with one attached hydrogen (secondary N) is 2. The predicted molar refractivity (Wildman–Crippen MR) is 53.2 cm³/mol. The molecule has 0 aliphatic heterocycles. The first-order chi connectivity index (χ1) is 6.43. The topological polar surface area (TPSA) is 96.7 Å². The third-order valence-corrected chi connectivity index (χ3v) is 2.85. The quantitative estimate of drug-likeness (QED) is 0.595. The van der Waals surface area contributed by atoms with Crippen molar-refractivity contribution in [2.45, 2.75) is 26.3 Å². The molecule has 0 fully saturated rings. The second kappa shape index (κ2) is 3.45. The summed E-state index contributed by atoms with van der Waals surface area (Å²) in [6, 6.07) is 0. The van der Waals surface area contributed by atoms with Crippen LogP contribution in [0, 0.1) is 5.92 Å². The van der Waals surface area contributed by atoms with Crippen LogP contribution in [0.25, 0.3) is 0 Å². The summed E-state index contributed by atoms with van der Waals surface area (Å²) in [5.74, 6) is 0.0992. The minimum Gasteiger partial charge on any atom is -0.328 e. The molecule has 1 atom stereocenters. The molecule has 6 heteroatoms. The van der Waals surface area contributed by atoms with Crippen molar-refractivity contribution in [3.63, 3.8) is 0 Å². The highest BCUT2D eigenvalue weighted by Gasteiger charge is 2.32. The second-order valence-corrected chi connectivity index (χ2v) is 3.91. The molecule has 0 bridgehead atoms. The van der Waals surface area contributed by atoms with E-state index < -0.39 is 16.9 Å². The van der Waals surface area contributed by atoms with Crippen molar-refractivity contribution in [1.82, 2.24) is 14.8 Å². The van der Waals surface area contributed by atoms with E-state index in [2.05, 4.69) is 10.2 Å². The molecule has 6 nitrogen and oxygen atoms in total. The number of hydrogen-bond acceptors (Lipinski definition) is 3. The van der Waals surface area contributed by atoms with Gasteiger partial charge in [-0.2, -0.15) is 0 Å². The van der Waals surface area contributed by atoms with Crippen LogP contribution in [0.15, 0.2) is 9.59 Å². The molecule has 0 aliphatic carbocycles. The van der Waals surface area contributed by atoms with Crippen LogP contribution in [0.1, 0.15) is 20.8 Å². The fourth-order valence-corrected chi connectivity index (χ4v) is 1.36. The molecule has 1 heterocycles. The van der Waals surface area contributed by atoms with E-state index in [1.165, 1.54) is 0 Å². The maximum Gasteiger partial charge on any atom is 0.344 e. The summed E-state index contributed by atoms with van der Waals surface area (Å²) in [6.07, 6.45) is 0. The highest BCUT2D eigenvalue weighted by Crippen LogP contribution is 2.20. The zero-order chi connectivity index (χ0) is 10.9. The van der Waals surface area contributed by atoms with Crippen molar-refractivity contribution < 1.29 is 0 Å². The minimum atomic E-state index is -0.648. The minimum absolute atomic E-state index is 0.0992. The first-order valence-corrected chi connectivity index (χ1v) is 4.53. The van der Waals surface area contributed by atoms with Gasteiger partial charge in [0.15, 0.2) is 0 Å². The maximum atomic E-state index is 11.4. The van der Waals surface area contributed by atoms with Gasteiger partial charge in [-0.15, -0.1) is 0 Å². The zero-order valence-electron chi connectivity index (χ0n) is 8.63. The van der Waals surface area contributed by atoms with E-state index in [4.69, 9.17) is 5.73 Å². The predicted octanol–water partition coefficient (Wildman–Crippen LogP) is -0.805. The number of rotatable bonds is 3. The number of hydrogen-bond donors (Lipinski definition) is 3. The van der Waals surface area contributed by atoms with Crippen LogP contribution in [0.4, 0.5) is 0 Å². The van der Waals surface area contributed by atoms with Crippen molar-refractivity contribution in [1.29, 1.82) is 0 Å². The van der Waals surface area contributed by atoms with Crippen molar-refractivity contribution >= 4 is 0 Å². The molecular formula is C8H16N4O2. The molecule has 1 aromatic heterocycles. The van der Waals surface area contributed by atoms with Gasteiger partial charge in [0, 0.05) is 6.54 Å². The molecule has 0 saturated heterocycles. The number of H-pyrrole nitrogens is 2. The van der Waals surface area contributed by atoms with Gasteiger partial charge in [0.25, 0.3) is 0 Å². The maximum absolute atomic E-state index is 11.4. The average Bonchev–Trinajstić information content (AvgIpc) is 2.45. The smallest absolute Gasteiger partial charge is 0.328 e. The van der Waals surface area contributed by atoms with Crippen LogP contribution in [0.3, 0.4) is 0 Å². The summed E-state index contributed by atoms with van der Waals surface area (Å²) < 4.78 is 1.14. The molecule has 0 aromatic carbocycles. The number of nitrogens with zero attached hydrogens (tertiary/aromatic N) is 1. The lowest BCUT2D eigenvalue weighted by Gasteiger charge is -2.31. The lowest BCUT2D eigenvalue weighted by atomic mass is 9.88. The number of nitrogens with two attached hydrogens (primary N) is 1. The molecule has 0 spiro atoms. The molecule has 0 aliphatic rings. The van der Waals surface area contributed by atoms with Gasteiger partial charge in [0.2, 0.25) is 0 Å². The summed E-state index contributed by atoms with van der Waals surface area (Å²) >= 11 is 0. The van der Waals surface area contributed by atoms with E-state index in [-0.39, 0.29) is 12.5 Å². The van der Waals surface area contributed by atoms with Crippen LogP contribution >= 0.6 is 0 Å². The van der Waals surface area contributed by atoms with Crippen LogP contribution in [-0.2, 0) is 5.54 Å². The first-order valence-electron chi connectivity index (χ1n) is 4.53. The Hall–Kier alpha value is -1.30. The third-order valence-electron chi connectivity index (χ3n) is 2.85. The van der Waals surface area contributed by atoms with E-state index in [1.807, 2.05) is 13.8 Å². The molecular weight excluding hydrogens is 184 g/mol. The molecule has 0 saturated carbocycles. The van der Waals surface area contributed by atoms with E-state index >= 15 is 0 Å². The summed E-state index contributed by atoms with van der Waals surface area (Å²) in [5.41, 5.74) is 4.07. The van der Waals surface area contributed by atoms with Crippen LogP contribution in [-0.4, -0.2) is 21.3 Å². The molecule has 80 valence electrons. The molecule has 0 amide bonds. The highest BCUT2D eigenvalue weighted by molar-refractivity contribution is 4.89. The van der Waals surface area contributed by atoms with Gasteiger partial charge in [0.1, 0.15) is 0 Å². The van der Waals surface area contributed by atoms with Crippen molar-refractivity contribution in [2.24, 2.45) is 11.7 Å². The largest absolute Gasteiger partial charge is 0.344 e.